The van der Waals surface area contributed by atoms with Gasteiger partial charge in [-0.1, -0.05) is 0 Å². The molecule has 0 bridgehead atoms. The standard InChI is InChI=1S/C12H12N2O3S/c1-18(15,16)10-4-5-12(11(13)7-10)17-9-3-2-6-14-8-9/h2-8H,13H2,1H3. The van der Waals surface area contributed by atoms with Crippen LogP contribution in [0.3, 0.4) is 0 Å². The molecule has 2 aromatic rings. The van der Waals surface area contributed by atoms with E-state index in [4.69, 9.17) is 10.5 Å². The molecule has 0 unspecified atom stereocenters. The van der Waals surface area contributed by atoms with E-state index >= 15 is 0 Å². The highest BCUT2D eigenvalue weighted by Crippen LogP contribution is 2.28. The maximum Gasteiger partial charge on any atom is 0.175 e. The van der Waals surface area contributed by atoms with Crippen molar-refractivity contribution in [3.63, 3.8) is 0 Å². The summed E-state index contributed by atoms with van der Waals surface area (Å²) in [6.45, 7) is 0. The molecule has 1 heterocycles. The quantitative estimate of drug-likeness (QED) is 0.855. The van der Waals surface area contributed by atoms with Crippen molar-refractivity contribution in [3.05, 3.63) is 42.7 Å². The van der Waals surface area contributed by atoms with Gasteiger partial charge in [-0.3, -0.25) is 4.98 Å². The second kappa shape index (κ2) is 4.66. The molecule has 0 fully saturated rings. The maximum atomic E-state index is 11.3. The second-order valence-corrected chi connectivity index (χ2v) is 5.78. The highest BCUT2D eigenvalue weighted by atomic mass is 32.2. The summed E-state index contributed by atoms with van der Waals surface area (Å²) in [5.74, 6) is 0.937. The third-order valence-electron chi connectivity index (χ3n) is 2.27. The van der Waals surface area contributed by atoms with Crippen molar-refractivity contribution < 1.29 is 13.2 Å². The number of sulfone groups is 1. The van der Waals surface area contributed by atoms with Gasteiger partial charge in [0.1, 0.15) is 11.5 Å². The molecule has 6 heteroatoms. The van der Waals surface area contributed by atoms with Gasteiger partial charge in [-0.05, 0) is 30.3 Å². The molecule has 1 aromatic carbocycles. The van der Waals surface area contributed by atoms with E-state index in [1.54, 1.807) is 24.5 Å². The van der Waals surface area contributed by atoms with Crippen molar-refractivity contribution in [3.8, 4) is 11.5 Å². The third-order valence-corrected chi connectivity index (χ3v) is 3.38. The van der Waals surface area contributed by atoms with Crippen LogP contribution in [0.1, 0.15) is 0 Å². The Balaban J connectivity index is 2.32. The molecule has 0 saturated heterocycles. The summed E-state index contributed by atoms with van der Waals surface area (Å²) < 4.78 is 28.2. The fourth-order valence-corrected chi connectivity index (χ4v) is 2.04. The lowest BCUT2D eigenvalue weighted by Crippen LogP contribution is -1.99. The predicted octanol–water partition coefficient (Wildman–Crippen LogP) is 1.86. The number of nitrogens with two attached hydrogens (primary N) is 1. The number of aromatic nitrogens is 1. The lowest BCUT2D eigenvalue weighted by Gasteiger charge is -2.09. The monoisotopic (exact) mass is 264 g/mol. The van der Waals surface area contributed by atoms with Crippen molar-refractivity contribution in [1.29, 1.82) is 0 Å². The zero-order valence-corrected chi connectivity index (χ0v) is 10.5. The lowest BCUT2D eigenvalue weighted by molar-refractivity contribution is 0.482. The molecule has 0 radical (unpaired) electrons. The Kier molecular flexibility index (Phi) is 3.20. The molecule has 0 aliphatic carbocycles. The summed E-state index contributed by atoms with van der Waals surface area (Å²) in [4.78, 5) is 4.07. The van der Waals surface area contributed by atoms with Crippen molar-refractivity contribution in [2.24, 2.45) is 0 Å². The van der Waals surface area contributed by atoms with Crippen LogP contribution in [0.5, 0.6) is 11.5 Å². The van der Waals surface area contributed by atoms with Crippen LogP contribution in [-0.2, 0) is 9.84 Å². The molecule has 5 nitrogen and oxygen atoms in total. The summed E-state index contributed by atoms with van der Waals surface area (Å²) in [6.07, 6.45) is 4.30. The second-order valence-electron chi connectivity index (χ2n) is 3.76. The van der Waals surface area contributed by atoms with Crippen LogP contribution in [0.2, 0.25) is 0 Å². The average molecular weight is 264 g/mol. The van der Waals surface area contributed by atoms with Gasteiger partial charge in [0.15, 0.2) is 9.84 Å². The number of rotatable bonds is 3. The number of hydrogen-bond acceptors (Lipinski definition) is 5. The number of anilines is 1. The molecule has 0 atom stereocenters. The summed E-state index contributed by atoms with van der Waals surface area (Å²) >= 11 is 0. The summed E-state index contributed by atoms with van der Waals surface area (Å²) in [5.41, 5.74) is 6.02. The van der Waals surface area contributed by atoms with Gasteiger partial charge >= 0.3 is 0 Å². The van der Waals surface area contributed by atoms with E-state index in [1.807, 2.05) is 0 Å². The van der Waals surface area contributed by atoms with E-state index in [0.29, 0.717) is 11.5 Å². The van der Waals surface area contributed by atoms with E-state index in [1.165, 1.54) is 18.2 Å². The van der Waals surface area contributed by atoms with Gasteiger partial charge < -0.3 is 10.5 Å². The molecule has 0 amide bonds. The van der Waals surface area contributed by atoms with Gasteiger partial charge in [0.05, 0.1) is 16.8 Å². The number of benzene rings is 1. The van der Waals surface area contributed by atoms with E-state index in [-0.39, 0.29) is 10.6 Å². The maximum absolute atomic E-state index is 11.3. The number of hydrogen-bond donors (Lipinski definition) is 1. The SMILES string of the molecule is CS(=O)(=O)c1ccc(Oc2cccnc2)c(N)c1. The van der Waals surface area contributed by atoms with Crippen LogP contribution < -0.4 is 10.5 Å². The first-order chi connectivity index (χ1) is 8.47. The molecule has 1 aromatic heterocycles. The van der Waals surface area contributed by atoms with Crippen LogP contribution in [0, 0.1) is 0 Å². The topological polar surface area (TPSA) is 82.3 Å². The molecule has 0 aliphatic rings. The van der Waals surface area contributed by atoms with E-state index < -0.39 is 9.84 Å². The van der Waals surface area contributed by atoms with E-state index in [2.05, 4.69) is 4.98 Å². The highest BCUT2D eigenvalue weighted by molar-refractivity contribution is 7.90. The van der Waals surface area contributed by atoms with Gasteiger partial charge in [0.2, 0.25) is 0 Å². The van der Waals surface area contributed by atoms with Crippen molar-refractivity contribution in [1.82, 2.24) is 4.98 Å². The fraction of sp³-hybridized carbons (Fsp3) is 0.0833. The Morgan fingerprint density at radius 3 is 2.61 bits per heavy atom. The molecule has 2 N–H and O–H groups in total. The molecule has 0 saturated carbocycles. The molecule has 0 spiro atoms. The Morgan fingerprint density at radius 2 is 2.06 bits per heavy atom. The molecular weight excluding hydrogens is 252 g/mol. The Hall–Kier alpha value is -2.08. The van der Waals surface area contributed by atoms with Gasteiger partial charge in [-0.25, -0.2) is 8.42 Å². The minimum Gasteiger partial charge on any atom is -0.454 e. The number of pyridine rings is 1. The average Bonchev–Trinajstić information content (AvgIpc) is 2.32. The van der Waals surface area contributed by atoms with E-state index in [9.17, 15) is 8.42 Å². The van der Waals surface area contributed by atoms with Crippen LogP contribution in [0.25, 0.3) is 0 Å². The van der Waals surface area contributed by atoms with Crippen LogP contribution in [0.4, 0.5) is 5.69 Å². The molecular formula is C12H12N2O3S. The van der Waals surface area contributed by atoms with Gasteiger partial charge in [0.25, 0.3) is 0 Å². The van der Waals surface area contributed by atoms with Crippen LogP contribution in [0.15, 0.2) is 47.6 Å². The normalized spacial score (nSPS) is 11.2. The summed E-state index contributed by atoms with van der Waals surface area (Å²) in [5, 5.41) is 0. The molecule has 18 heavy (non-hydrogen) atoms. The number of ether oxygens (including phenoxy) is 1. The fourth-order valence-electron chi connectivity index (χ4n) is 1.38. The largest absolute Gasteiger partial charge is 0.454 e. The first-order valence-corrected chi connectivity index (χ1v) is 7.03. The summed E-state index contributed by atoms with van der Waals surface area (Å²) in [7, 11) is -3.26. The summed E-state index contributed by atoms with van der Waals surface area (Å²) in [6, 6.07) is 7.82. The zero-order valence-electron chi connectivity index (χ0n) is 9.70. The molecule has 94 valence electrons. The Bertz CT molecular complexity index is 654. The minimum absolute atomic E-state index is 0.165. The Morgan fingerprint density at radius 1 is 1.28 bits per heavy atom. The van der Waals surface area contributed by atoms with Crippen molar-refractivity contribution >= 4 is 15.5 Å². The van der Waals surface area contributed by atoms with Gasteiger partial charge in [-0.15, -0.1) is 0 Å². The molecule has 0 aliphatic heterocycles. The van der Waals surface area contributed by atoms with Gasteiger partial charge in [0, 0.05) is 12.5 Å². The third kappa shape index (κ3) is 2.78. The van der Waals surface area contributed by atoms with E-state index in [0.717, 1.165) is 6.26 Å². The zero-order chi connectivity index (χ0) is 13.2. The number of nitrogen functional groups attached to an aromatic ring is 1. The lowest BCUT2D eigenvalue weighted by atomic mass is 10.3. The van der Waals surface area contributed by atoms with Crippen LogP contribution in [-0.4, -0.2) is 19.7 Å². The first kappa shape index (κ1) is 12.4. The van der Waals surface area contributed by atoms with Gasteiger partial charge in [-0.2, -0.15) is 0 Å². The number of nitrogens with zero attached hydrogens (tertiary/aromatic N) is 1. The van der Waals surface area contributed by atoms with Crippen molar-refractivity contribution in [2.75, 3.05) is 12.0 Å². The Labute approximate surface area is 105 Å². The van der Waals surface area contributed by atoms with Crippen molar-refractivity contribution in [2.45, 2.75) is 4.90 Å². The first-order valence-electron chi connectivity index (χ1n) is 5.14. The predicted molar refractivity (Wildman–Crippen MR) is 68.3 cm³/mol. The highest BCUT2D eigenvalue weighted by Gasteiger charge is 2.10. The smallest absolute Gasteiger partial charge is 0.175 e. The van der Waals surface area contributed by atoms with Crippen LogP contribution >= 0.6 is 0 Å². The minimum atomic E-state index is -3.26. The molecule has 2 rings (SSSR count).